The van der Waals surface area contributed by atoms with Gasteiger partial charge in [0, 0.05) is 13.1 Å². The molecule has 1 unspecified atom stereocenters. The maximum atomic E-state index is 11.6. The number of hydrogen-bond acceptors (Lipinski definition) is 3. The van der Waals surface area contributed by atoms with Crippen LogP contribution in [0.1, 0.15) is 56.9 Å². The van der Waals surface area contributed by atoms with Gasteiger partial charge in [-0.3, -0.25) is 14.9 Å². The first-order valence-corrected chi connectivity index (χ1v) is 9.97. The van der Waals surface area contributed by atoms with Crippen molar-refractivity contribution >= 4 is 18.3 Å². The van der Waals surface area contributed by atoms with Crippen LogP contribution in [0.4, 0.5) is 4.79 Å². The summed E-state index contributed by atoms with van der Waals surface area (Å²) < 4.78 is 0. The average Bonchev–Trinajstić information content (AvgIpc) is 3.50. The fraction of sp³-hybridized carbons (Fsp3) is 0.571. The van der Waals surface area contributed by atoms with Crippen molar-refractivity contribution in [2.45, 2.75) is 56.9 Å². The minimum absolute atomic E-state index is 0.123. The molecule has 4 amide bonds. The molecule has 1 aromatic rings. The normalized spacial score (nSPS) is 25.3. The van der Waals surface area contributed by atoms with Crippen molar-refractivity contribution in [3.63, 3.8) is 0 Å². The van der Waals surface area contributed by atoms with Gasteiger partial charge in [0.15, 0.2) is 0 Å². The molecule has 2 saturated heterocycles. The molecule has 1 aromatic carbocycles. The molecule has 0 aromatic heterocycles. The molecular formula is C21H29N3O3. The van der Waals surface area contributed by atoms with Gasteiger partial charge >= 0.3 is 6.03 Å². The third-order valence-electron chi connectivity index (χ3n) is 5.84. The van der Waals surface area contributed by atoms with E-state index in [2.05, 4.69) is 34.9 Å². The minimum atomic E-state index is -0.564. The number of carbonyl (C=O) groups is 3. The Hall–Kier alpha value is -2.37. The number of amides is 4. The highest BCUT2D eigenvalue weighted by Crippen LogP contribution is 2.43. The monoisotopic (exact) mass is 371 g/mol. The maximum absolute atomic E-state index is 11.6. The highest BCUT2D eigenvalue weighted by molar-refractivity contribution is 6.07. The first kappa shape index (κ1) is 19.4. The van der Waals surface area contributed by atoms with Gasteiger partial charge < -0.3 is 10.2 Å². The van der Waals surface area contributed by atoms with Crippen LogP contribution in [0.5, 0.6) is 0 Å². The van der Waals surface area contributed by atoms with Gasteiger partial charge in [0.2, 0.25) is 6.41 Å². The fourth-order valence-electron chi connectivity index (χ4n) is 4.21. The van der Waals surface area contributed by atoms with Gasteiger partial charge in [-0.2, -0.15) is 0 Å². The number of piperidine rings is 1. The third-order valence-corrected chi connectivity index (χ3v) is 5.84. The lowest BCUT2D eigenvalue weighted by Crippen LogP contribution is -2.48. The molecule has 1 atom stereocenters. The molecule has 0 spiro atoms. The van der Waals surface area contributed by atoms with Crippen LogP contribution >= 0.6 is 0 Å². The van der Waals surface area contributed by atoms with Gasteiger partial charge in [-0.1, -0.05) is 43.7 Å². The molecular weight excluding hydrogens is 342 g/mol. The number of imide groups is 1. The maximum Gasteiger partial charge on any atom is 0.322 e. The number of nitrogens with zero attached hydrogens (tertiary/aromatic N) is 1. The van der Waals surface area contributed by atoms with Crippen LogP contribution in [0.2, 0.25) is 0 Å². The first-order chi connectivity index (χ1) is 13.1. The van der Waals surface area contributed by atoms with E-state index in [4.69, 9.17) is 0 Å². The summed E-state index contributed by atoms with van der Waals surface area (Å²) in [5.74, 6) is 0.896. The number of urea groups is 1. The predicted octanol–water partition coefficient (Wildman–Crippen LogP) is 2.80. The van der Waals surface area contributed by atoms with Gasteiger partial charge in [-0.15, -0.1) is 0 Å². The van der Waals surface area contributed by atoms with Crippen molar-refractivity contribution < 1.29 is 14.4 Å². The van der Waals surface area contributed by atoms with E-state index >= 15 is 0 Å². The van der Waals surface area contributed by atoms with Gasteiger partial charge in [0.05, 0.1) is 0 Å². The summed E-state index contributed by atoms with van der Waals surface area (Å²) in [5.41, 5.74) is 0.851. The van der Waals surface area contributed by atoms with Crippen molar-refractivity contribution in [1.82, 2.24) is 15.5 Å². The number of carbonyl (C=O) groups excluding carboxylic acids is 3. The molecule has 3 aliphatic rings. The Morgan fingerprint density at radius 2 is 1.78 bits per heavy atom. The molecule has 6 heteroatoms. The SMILES string of the molecule is CCCC1(C2CC2)NC(=O)NC1=O.O=CN1CCC(c2ccccc2)CC1. The lowest BCUT2D eigenvalue weighted by molar-refractivity contribution is -0.125. The second-order valence-electron chi connectivity index (χ2n) is 7.73. The highest BCUT2D eigenvalue weighted by atomic mass is 16.2. The van der Waals surface area contributed by atoms with Crippen molar-refractivity contribution in [2.24, 2.45) is 5.92 Å². The molecule has 2 heterocycles. The van der Waals surface area contributed by atoms with Crippen LogP contribution in [0.15, 0.2) is 30.3 Å². The van der Waals surface area contributed by atoms with E-state index in [0.29, 0.717) is 11.8 Å². The molecule has 3 fully saturated rings. The lowest BCUT2D eigenvalue weighted by Gasteiger charge is -2.29. The number of likely N-dealkylation sites (tertiary alicyclic amines) is 1. The molecule has 27 heavy (non-hydrogen) atoms. The van der Waals surface area contributed by atoms with Crippen LogP contribution < -0.4 is 10.6 Å². The van der Waals surface area contributed by atoms with E-state index in [0.717, 1.165) is 58.0 Å². The summed E-state index contributed by atoms with van der Waals surface area (Å²) in [5, 5.41) is 5.11. The predicted molar refractivity (Wildman–Crippen MR) is 103 cm³/mol. The largest absolute Gasteiger partial charge is 0.345 e. The number of benzene rings is 1. The first-order valence-electron chi connectivity index (χ1n) is 9.97. The summed E-state index contributed by atoms with van der Waals surface area (Å²) in [6.45, 7) is 3.84. The second-order valence-corrected chi connectivity index (χ2v) is 7.73. The smallest absolute Gasteiger partial charge is 0.322 e. The van der Waals surface area contributed by atoms with E-state index < -0.39 is 5.54 Å². The van der Waals surface area contributed by atoms with Crippen LogP contribution in [0.3, 0.4) is 0 Å². The van der Waals surface area contributed by atoms with Crippen LogP contribution in [-0.2, 0) is 9.59 Å². The Morgan fingerprint density at radius 3 is 2.26 bits per heavy atom. The van der Waals surface area contributed by atoms with Crippen LogP contribution in [0, 0.1) is 5.92 Å². The standard InChI is InChI=1S/C12H15NO.C9H14N2O2/c14-10-13-8-6-12(7-9-13)11-4-2-1-3-5-11;1-2-5-9(6-3-4-6)7(12)10-8(13)11-9/h1-5,10,12H,6-9H2;6H,2-5H2,1H3,(H2,10,11,12,13). The Balaban J connectivity index is 0.000000156. The molecule has 146 valence electrons. The van der Waals surface area contributed by atoms with Crippen molar-refractivity contribution in [3.8, 4) is 0 Å². The van der Waals surface area contributed by atoms with E-state index in [-0.39, 0.29) is 11.9 Å². The van der Waals surface area contributed by atoms with Crippen molar-refractivity contribution in [3.05, 3.63) is 35.9 Å². The average molecular weight is 371 g/mol. The number of hydrogen-bond donors (Lipinski definition) is 2. The summed E-state index contributed by atoms with van der Waals surface area (Å²) >= 11 is 0. The van der Waals surface area contributed by atoms with Gasteiger partial charge in [-0.25, -0.2) is 4.79 Å². The second kappa shape index (κ2) is 8.55. The van der Waals surface area contributed by atoms with Crippen molar-refractivity contribution in [1.29, 1.82) is 0 Å². The quantitative estimate of drug-likeness (QED) is 0.617. The third kappa shape index (κ3) is 4.49. The zero-order valence-electron chi connectivity index (χ0n) is 15.9. The number of nitrogens with one attached hydrogen (secondary N) is 2. The molecule has 1 saturated carbocycles. The number of rotatable bonds is 5. The van der Waals surface area contributed by atoms with Crippen LogP contribution in [-0.4, -0.2) is 41.9 Å². The highest BCUT2D eigenvalue weighted by Gasteiger charge is 2.54. The van der Waals surface area contributed by atoms with E-state index in [9.17, 15) is 14.4 Å². The molecule has 2 N–H and O–H groups in total. The molecule has 2 aliphatic heterocycles. The Kier molecular flexibility index (Phi) is 6.14. The van der Waals surface area contributed by atoms with E-state index in [1.54, 1.807) is 0 Å². The van der Waals surface area contributed by atoms with Crippen molar-refractivity contribution in [2.75, 3.05) is 13.1 Å². The molecule has 4 rings (SSSR count). The Morgan fingerprint density at radius 1 is 1.11 bits per heavy atom. The van der Waals surface area contributed by atoms with Gasteiger partial charge in [0.25, 0.3) is 5.91 Å². The topological polar surface area (TPSA) is 78.5 Å². The lowest BCUT2D eigenvalue weighted by atomic mass is 9.88. The molecule has 0 radical (unpaired) electrons. The Bertz CT molecular complexity index is 667. The fourth-order valence-corrected chi connectivity index (χ4v) is 4.21. The van der Waals surface area contributed by atoms with Crippen LogP contribution in [0.25, 0.3) is 0 Å². The van der Waals surface area contributed by atoms with E-state index in [1.165, 1.54) is 5.56 Å². The Labute approximate surface area is 160 Å². The summed E-state index contributed by atoms with van der Waals surface area (Å²) in [4.78, 5) is 35.0. The zero-order valence-corrected chi connectivity index (χ0v) is 15.9. The summed E-state index contributed by atoms with van der Waals surface area (Å²) in [6.07, 6.45) is 6.97. The minimum Gasteiger partial charge on any atom is -0.345 e. The summed E-state index contributed by atoms with van der Waals surface area (Å²) in [6, 6.07) is 10.3. The van der Waals surface area contributed by atoms with Gasteiger partial charge in [0.1, 0.15) is 5.54 Å². The molecule has 0 bridgehead atoms. The molecule has 1 aliphatic carbocycles. The van der Waals surface area contributed by atoms with Gasteiger partial charge in [-0.05, 0) is 49.5 Å². The zero-order chi connectivity index (χ0) is 19.3. The summed E-state index contributed by atoms with van der Waals surface area (Å²) in [7, 11) is 0. The van der Waals surface area contributed by atoms with E-state index in [1.807, 2.05) is 17.9 Å². The molecule has 6 nitrogen and oxygen atoms in total.